The van der Waals surface area contributed by atoms with E-state index >= 15 is 0 Å². The normalized spacial score (nSPS) is 26.9. The largest absolute Gasteiger partial charge is 0.378 e. The van der Waals surface area contributed by atoms with Gasteiger partial charge in [0.05, 0.1) is 13.2 Å². The van der Waals surface area contributed by atoms with Gasteiger partial charge in [0.25, 0.3) is 0 Å². The van der Waals surface area contributed by atoms with Gasteiger partial charge in [0, 0.05) is 12.5 Å². The first kappa shape index (κ1) is 11.6. The van der Waals surface area contributed by atoms with E-state index < -0.39 is 5.67 Å². The summed E-state index contributed by atoms with van der Waals surface area (Å²) in [7, 11) is 1.89. The fourth-order valence-electron chi connectivity index (χ4n) is 2.19. The van der Waals surface area contributed by atoms with Crippen molar-refractivity contribution in [2.45, 2.75) is 25.1 Å². The summed E-state index contributed by atoms with van der Waals surface area (Å²) in [6.45, 7) is 2.73. The molecular weight excluding hydrogens is 205 g/mol. The summed E-state index contributed by atoms with van der Waals surface area (Å²) >= 11 is 0. The smallest absolute Gasteiger partial charge is 0.161 e. The number of ether oxygens (including phenoxy) is 1. The minimum Gasteiger partial charge on any atom is -0.378 e. The molecule has 2 unspecified atom stereocenters. The second-order valence-electron chi connectivity index (χ2n) is 4.37. The quantitative estimate of drug-likeness (QED) is 0.850. The van der Waals surface area contributed by atoms with Crippen molar-refractivity contribution in [1.29, 1.82) is 0 Å². The first-order valence-corrected chi connectivity index (χ1v) is 5.71. The van der Waals surface area contributed by atoms with Gasteiger partial charge in [-0.3, -0.25) is 0 Å². The first-order chi connectivity index (χ1) is 7.67. The van der Waals surface area contributed by atoms with Crippen molar-refractivity contribution in [3.05, 3.63) is 35.4 Å². The Morgan fingerprint density at radius 2 is 2.19 bits per heavy atom. The average molecular weight is 223 g/mol. The molecule has 0 aromatic heterocycles. The third-order valence-corrected chi connectivity index (χ3v) is 3.32. The van der Waals surface area contributed by atoms with Crippen LogP contribution >= 0.6 is 0 Å². The molecule has 16 heavy (non-hydrogen) atoms. The standard InChI is InChI=1S/C13H18FNO/c1-10(15-2)11-5-3-4-6-12(11)13(14)7-8-16-9-13/h3-6,10,15H,7-9H2,1-2H3. The molecule has 88 valence electrons. The molecule has 1 aromatic carbocycles. The number of hydrogen-bond acceptors (Lipinski definition) is 2. The van der Waals surface area contributed by atoms with Crippen LogP contribution < -0.4 is 5.32 Å². The Morgan fingerprint density at radius 1 is 1.44 bits per heavy atom. The van der Waals surface area contributed by atoms with Crippen molar-refractivity contribution in [3.63, 3.8) is 0 Å². The van der Waals surface area contributed by atoms with E-state index in [1.54, 1.807) is 0 Å². The highest BCUT2D eigenvalue weighted by molar-refractivity contribution is 5.35. The van der Waals surface area contributed by atoms with Gasteiger partial charge < -0.3 is 10.1 Å². The molecule has 1 aliphatic rings. The van der Waals surface area contributed by atoms with Crippen molar-refractivity contribution >= 4 is 0 Å². The molecule has 0 radical (unpaired) electrons. The molecular formula is C13H18FNO. The summed E-state index contributed by atoms with van der Waals surface area (Å²) in [4.78, 5) is 0. The van der Waals surface area contributed by atoms with Crippen molar-refractivity contribution in [2.75, 3.05) is 20.3 Å². The third kappa shape index (κ3) is 1.97. The zero-order valence-corrected chi connectivity index (χ0v) is 9.79. The molecule has 3 heteroatoms. The predicted molar refractivity (Wildman–Crippen MR) is 62.1 cm³/mol. The van der Waals surface area contributed by atoms with E-state index in [1.165, 1.54) is 0 Å². The molecule has 1 aromatic rings. The van der Waals surface area contributed by atoms with Crippen LogP contribution in [0.2, 0.25) is 0 Å². The van der Waals surface area contributed by atoms with Gasteiger partial charge in [-0.15, -0.1) is 0 Å². The van der Waals surface area contributed by atoms with Gasteiger partial charge in [0.2, 0.25) is 0 Å². The topological polar surface area (TPSA) is 21.3 Å². The molecule has 0 aliphatic carbocycles. The SMILES string of the molecule is CNC(C)c1ccccc1C1(F)CCOC1. The minimum absolute atomic E-state index is 0.157. The van der Waals surface area contributed by atoms with Crippen molar-refractivity contribution in [1.82, 2.24) is 5.32 Å². The molecule has 0 saturated carbocycles. The van der Waals surface area contributed by atoms with E-state index in [2.05, 4.69) is 5.32 Å². The number of alkyl halides is 1. The predicted octanol–water partition coefficient (Wildman–Crippen LogP) is 2.55. The zero-order chi connectivity index (χ0) is 11.6. The van der Waals surface area contributed by atoms with E-state index in [9.17, 15) is 4.39 Å². The van der Waals surface area contributed by atoms with Crippen LogP contribution in [-0.2, 0) is 10.4 Å². The Bertz CT molecular complexity index is 361. The van der Waals surface area contributed by atoms with E-state index in [-0.39, 0.29) is 12.6 Å². The van der Waals surface area contributed by atoms with E-state index in [4.69, 9.17) is 4.74 Å². The molecule has 2 nitrogen and oxygen atoms in total. The van der Waals surface area contributed by atoms with Crippen LogP contribution in [0.5, 0.6) is 0 Å². The lowest BCUT2D eigenvalue weighted by molar-refractivity contribution is 0.110. The second kappa shape index (κ2) is 4.52. The first-order valence-electron chi connectivity index (χ1n) is 5.71. The third-order valence-electron chi connectivity index (χ3n) is 3.32. The summed E-state index contributed by atoms with van der Waals surface area (Å²) in [6, 6.07) is 7.85. The maximum Gasteiger partial charge on any atom is 0.161 e. The second-order valence-corrected chi connectivity index (χ2v) is 4.37. The van der Waals surface area contributed by atoms with E-state index in [0.29, 0.717) is 13.0 Å². The fourth-order valence-corrected chi connectivity index (χ4v) is 2.19. The van der Waals surface area contributed by atoms with Crippen LogP contribution in [0.25, 0.3) is 0 Å². The Labute approximate surface area is 95.8 Å². The van der Waals surface area contributed by atoms with Crippen LogP contribution in [0, 0.1) is 0 Å². The highest BCUT2D eigenvalue weighted by Gasteiger charge is 2.38. The summed E-state index contributed by atoms with van der Waals surface area (Å²) in [5, 5.41) is 3.15. The van der Waals surface area contributed by atoms with E-state index in [0.717, 1.165) is 11.1 Å². The van der Waals surface area contributed by atoms with Crippen LogP contribution in [0.3, 0.4) is 0 Å². The number of hydrogen-bond donors (Lipinski definition) is 1. The molecule has 0 spiro atoms. The lowest BCUT2D eigenvalue weighted by Crippen LogP contribution is -2.25. The number of halogens is 1. The molecule has 1 aliphatic heterocycles. The molecule has 2 rings (SSSR count). The number of benzene rings is 1. The Kier molecular flexibility index (Phi) is 3.26. The van der Waals surface area contributed by atoms with Gasteiger partial charge in [-0.2, -0.15) is 0 Å². The average Bonchev–Trinajstić information content (AvgIpc) is 2.76. The summed E-state index contributed by atoms with van der Waals surface area (Å²) in [5.41, 5.74) is 0.495. The molecule has 2 atom stereocenters. The van der Waals surface area contributed by atoms with Gasteiger partial charge in [-0.1, -0.05) is 24.3 Å². The van der Waals surface area contributed by atoms with Gasteiger partial charge in [-0.25, -0.2) is 4.39 Å². The van der Waals surface area contributed by atoms with Crippen LogP contribution in [0.15, 0.2) is 24.3 Å². The zero-order valence-electron chi connectivity index (χ0n) is 9.79. The van der Waals surface area contributed by atoms with Crippen LogP contribution in [-0.4, -0.2) is 20.3 Å². The molecule has 1 fully saturated rings. The van der Waals surface area contributed by atoms with Crippen molar-refractivity contribution < 1.29 is 9.13 Å². The maximum atomic E-state index is 14.6. The highest BCUT2D eigenvalue weighted by atomic mass is 19.1. The van der Waals surface area contributed by atoms with Gasteiger partial charge in [-0.05, 0) is 25.1 Å². The Morgan fingerprint density at radius 3 is 2.81 bits per heavy atom. The minimum atomic E-state index is -1.30. The van der Waals surface area contributed by atoms with E-state index in [1.807, 2.05) is 38.2 Å². The fraction of sp³-hybridized carbons (Fsp3) is 0.538. The van der Waals surface area contributed by atoms with Crippen LogP contribution in [0.1, 0.15) is 30.5 Å². The lowest BCUT2D eigenvalue weighted by Gasteiger charge is -2.24. The summed E-state index contributed by atoms with van der Waals surface area (Å²) in [5.74, 6) is 0. The van der Waals surface area contributed by atoms with Crippen molar-refractivity contribution in [3.8, 4) is 0 Å². The van der Waals surface area contributed by atoms with Gasteiger partial charge in [0.15, 0.2) is 5.67 Å². The Balaban J connectivity index is 2.39. The maximum absolute atomic E-state index is 14.6. The number of nitrogens with one attached hydrogen (secondary N) is 1. The van der Waals surface area contributed by atoms with Crippen LogP contribution in [0.4, 0.5) is 4.39 Å². The van der Waals surface area contributed by atoms with Gasteiger partial charge in [0.1, 0.15) is 0 Å². The monoisotopic (exact) mass is 223 g/mol. The molecule has 1 N–H and O–H groups in total. The number of rotatable bonds is 3. The summed E-state index contributed by atoms with van der Waals surface area (Å²) in [6.07, 6.45) is 0.459. The molecule has 1 heterocycles. The molecule has 0 bridgehead atoms. The molecule has 0 amide bonds. The van der Waals surface area contributed by atoms with Gasteiger partial charge >= 0.3 is 0 Å². The Hall–Kier alpha value is -0.930. The summed E-state index contributed by atoms with van der Waals surface area (Å²) < 4.78 is 19.8. The molecule has 1 saturated heterocycles. The van der Waals surface area contributed by atoms with Crippen molar-refractivity contribution in [2.24, 2.45) is 0 Å². The highest BCUT2D eigenvalue weighted by Crippen LogP contribution is 2.38. The lowest BCUT2D eigenvalue weighted by atomic mass is 9.88.